The van der Waals surface area contributed by atoms with Crippen molar-refractivity contribution in [1.82, 2.24) is 9.13 Å². The minimum atomic E-state index is -5.12. The van der Waals surface area contributed by atoms with Gasteiger partial charge in [0.2, 0.25) is 0 Å². The maximum atomic E-state index is 14.0. The molecular formula is C55H25F12N5. The largest absolute Gasteiger partial charge is 0.416 e. The molecule has 17 heteroatoms. The molecule has 0 bridgehead atoms. The number of para-hydroxylation sites is 2. The lowest BCUT2D eigenvalue weighted by atomic mass is 9.95. The van der Waals surface area contributed by atoms with Gasteiger partial charge in [-0.05, 0) is 131 Å². The molecular weight excluding hydrogens is 959 g/mol. The van der Waals surface area contributed by atoms with E-state index in [4.69, 9.17) is 0 Å². The summed E-state index contributed by atoms with van der Waals surface area (Å²) < 4.78 is 172. The Kier molecular flexibility index (Phi) is 10.7. The molecule has 0 radical (unpaired) electrons. The second kappa shape index (κ2) is 16.6. The molecule has 8 aromatic carbocycles. The third kappa shape index (κ3) is 8.06. The summed E-state index contributed by atoms with van der Waals surface area (Å²) in [5, 5.41) is 32.9. The van der Waals surface area contributed by atoms with E-state index < -0.39 is 47.0 Å². The fourth-order valence-electron chi connectivity index (χ4n) is 9.29. The van der Waals surface area contributed by atoms with Gasteiger partial charge >= 0.3 is 24.7 Å². The van der Waals surface area contributed by atoms with Crippen molar-refractivity contribution in [2.45, 2.75) is 24.7 Å². The molecule has 0 atom stereocenters. The van der Waals surface area contributed by atoms with Crippen LogP contribution in [-0.2, 0) is 24.7 Å². The standard InChI is InChI=1S/C55H25F12N5/c56-52(57,58)37-18-34(19-38(24-37)53(59,60)61)32-9-11-47-43(22-32)41-5-1-3-7-45(41)71(47)49-16-31(28-70)17-50(51(49)36-14-29(26-68)13-30(15-36)27-69)72-46-8-4-2-6-42(46)44-23-33(10-12-48(44)72)35-20-39(54(62,63)64)25-40(21-35)55(65,66)67/h1-25H. The van der Waals surface area contributed by atoms with Gasteiger partial charge in [-0.15, -0.1) is 0 Å². The number of aromatic nitrogens is 2. The highest BCUT2D eigenvalue weighted by Crippen LogP contribution is 2.46. The maximum absolute atomic E-state index is 14.0. The average molecular weight is 984 g/mol. The second-order valence-corrected chi connectivity index (χ2v) is 16.8. The molecule has 0 fully saturated rings. The number of rotatable bonds is 5. The highest BCUT2D eigenvalue weighted by Gasteiger charge is 2.39. The molecule has 2 aromatic heterocycles. The van der Waals surface area contributed by atoms with E-state index in [9.17, 15) is 68.5 Å². The van der Waals surface area contributed by atoms with Gasteiger partial charge in [0, 0.05) is 27.1 Å². The first-order chi connectivity index (χ1) is 34.0. The Hall–Kier alpha value is -9.01. The number of fused-ring (bicyclic) bond motifs is 6. The normalized spacial score (nSPS) is 12.4. The van der Waals surface area contributed by atoms with Crippen molar-refractivity contribution in [3.05, 3.63) is 191 Å². The fraction of sp³-hybridized carbons (Fsp3) is 0.0727. The molecule has 10 rings (SSSR count). The van der Waals surface area contributed by atoms with Gasteiger partial charge in [-0.3, -0.25) is 0 Å². The number of nitriles is 3. The minimum Gasteiger partial charge on any atom is -0.308 e. The topological polar surface area (TPSA) is 81.2 Å². The number of benzene rings is 8. The summed E-state index contributed by atoms with van der Waals surface area (Å²) in [6, 6.07) is 38.4. The summed E-state index contributed by atoms with van der Waals surface area (Å²) in [7, 11) is 0. The van der Waals surface area contributed by atoms with Gasteiger partial charge in [0.25, 0.3) is 0 Å². The van der Waals surface area contributed by atoms with Crippen LogP contribution in [0.25, 0.3) is 88.4 Å². The van der Waals surface area contributed by atoms with Crippen LogP contribution in [0.15, 0.2) is 152 Å². The molecule has 0 unspecified atom stereocenters. The Morgan fingerprint density at radius 2 is 0.639 bits per heavy atom. The number of hydrogen-bond donors (Lipinski definition) is 0. The van der Waals surface area contributed by atoms with Crippen LogP contribution in [0, 0.1) is 34.0 Å². The van der Waals surface area contributed by atoms with Crippen LogP contribution < -0.4 is 0 Å². The first-order valence-electron chi connectivity index (χ1n) is 21.3. The number of alkyl halides is 12. The van der Waals surface area contributed by atoms with E-state index in [1.54, 1.807) is 57.7 Å². The summed E-state index contributed by atoms with van der Waals surface area (Å²) >= 11 is 0. The summed E-state index contributed by atoms with van der Waals surface area (Å²) in [6.07, 6.45) is -20.5. The van der Waals surface area contributed by atoms with Gasteiger partial charge in [-0.2, -0.15) is 68.5 Å². The summed E-state index contributed by atoms with van der Waals surface area (Å²) in [4.78, 5) is 0. The lowest BCUT2D eigenvalue weighted by Gasteiger charge is -2.21. The molecule has 2 heterocycles. The highest BCUT2D eigenvalue weighted by atomic mass is 19.4. The Morgan fingerprint density at radius 3 is 0.986 bits per heavy atom. The third-order valence-corrected chi connectivity index (χ3v) is 12.4. The summed E-state index contributed by atoms with van der Waals surface area (Å²) in [6.45, 7) is 0. The average Bonchev–Trinajstić information content (AvgIpc) is 3.86. The Balaban J connectivity index is 1.29. The fourth-order valence-corrected chi connectivity index (χ4v) is 9.29. The van der Waals surface area contributed by atoms with Gasteiger partial charge in [0.05, 0.1) is 90.6 Å². The van der Waals surface area contributed by atoms with Crippen LogP contribution in [0.3, 0.4) is 0 Å². The van der Waals surface area contributed by atoms with E-state index in [2.05, 4.69) is 18.2 Å². The SMILES string of the molecule is N#Cc1cc(C#N)cc(-c2c(-n3c4ccccc4c4cc(-c5cc(C(F)(F)F)cc(C(F)(F)F)c5)ccc43)cc(C#N)cc2-n2c3ccccc3c3cc(-c4cc(C(F)(F)F)cc(C(F)(F)F)c4)ccc32)c1. The zero-order valence-electron chi connectivity index (χ0n) is 36.2. The predicted octanol–water partition coefficient (Wildman–Crippen LogP) is 16.6. The molecule has 0 aliphatic heterocycles. The van der Waals surface area contributed by atoms with Gasteiger partial charge < -0.3 is 9.13 Å². The molecule has 0 spiro atoms. The minimum absolute atomic E-state index is 0.0125. The van der Waals surface area contributed by atoms with E-state index in [-0.39, 0.29) is 68.0 Å². The molecule has 0 amide bonds. The van der Waals surface area contributed by atoms with E-state index in [1.807, 2.05) is 0 Å². The van der Waals surface area contributed by atoms with Crippen LogP contribution in [-0.4, -0.2) is 9.13 Å². The Bertz CT molecular complexity index is 3720. The van der Waals surface area contributed by atoms with Crippen molar-refractivity contribution in [3.8, 4) is 63.0 Å². The third-order valence-electron chi connectivity index (χ3n) is 12.4. The molecule has 0 aliphatic carbocycles. The van der Waals surface area contributed by atoms with E-state index in [1.165, 1.54) is 66.7 Å². The lowest BCUT2D eigenvalue weighted by molar-refractivity contribution is -0.144. The van der Waals surface area contributed by atoms with Crippen LogP contribution in [0.5, 0.6) is 0 Å². The van der Waals surface area contributed by atoms with E-state index in [0.29, 0.717) is 73.4 Å². The quantitative estimate of drug-likeness (QED) is 0.161. The molecule has 0 saturated carbocycles. The Morgan fingerprint density at radius 1 is 0.306 bits per heavy atom. The van der Waals surface area contributed by atoms with Crippen LogP contribution in [0.1, 0.15) is 38.9 Å². The Labute approximate surface area is 398 Å². The van der Waals surface area contributed by atoms with Crippen LogP contribution >= 0.6 is 0 Å². The smallest absolute Gasteiger partial charge is 0.308 e. The van der Waals surface area contributed by atoms with E-state index >= 15 is 0 Å². The number of hydrogen-bond acceptors (Lipinski definition) is 3. The molecule has 5 nitrogen and oxygen atoms in total. The van der Waals surface area contributed by atoms with Crippen LogP contribution in [0.2, 0.25) is 0 Å². The summed E-state index contributed by atoms with van der Waals surface area (Å²) in [5.41, 5.74) is -3.86. The molecule has 10 aromatic rings. The maximum Gasteiger partial charge on any atom is 0.416 e. The van der Waals surface area contributed by atoms with Gasteiger partial charge in [0.1, 0.15) is 0 Å². The molecule has 0 N–H and O–H groups in total. The zero-order chi connectivity index (χ0) is 51.2. The molecule has 0 aliphatic rings. The molecule has 0 saturated heterocycles. The van der Waals surface area contributed by atoms with Crippen molar-refractivity contribution >= 4 is 43.6 Å². The van der Waals surface area contributed by atoms with Crippen molar-refractivity contribution in [1.29, 1.82) is 15.8 Å². The second-order valence-electron chi connectivity index (χ2n) is 16.8. The zero-order valence-corrected chi connectivity index (χ0v) is 36.2. The first kappa shape index (κ1) is 46.7. The summed E-state index contributed by atoms with van der Waals surface area (Å²) in [5.74, 6) is 0. The van der Waals surface area contributed by atoms with Crippen LogP contribution in [0.4, 0.5) is 52.7 Å². The van der Waals surface area contributed by atoms with Crippen molar-refractivity contribution in [2.24, 2.45) is 0 Å². The van der Waals surface area contributed by atoms with Crippen molar-refractivity contribution in [3.63, 3.8) is 0 Å². The van der Waals surface area contributed by atoms with Gasteiger partial charge in [0.15, 0.2) is 0 Å². The first-order valence-corrected chi connectivity index (χ1v) is 21.3. The highest BCUT2D eigenvalue weighted by molar-refractivity contribution is 6.13. The molecule has 72 heavy (non-hydrogen) atoms. The number of nitrogens with zero attached hydrogens (tertiary/aromatic N) is 5. The predicted molar refractivity (Wildman–Crippen MR) is 246 cm³/mol. The van der Waals surface area contributed by atoms with Crippen molar-refractivity contribution < 1.29 is 52.7 Å². The van der Waals surface area contributed by atoms with E-state index in [0.717, 1.165) is 0 Å². The monoisotopic (exact) mass is 983 g/mol. The van der Waals surface area contributed by atoms with Crippen molar-refractivity contribution in [2.75, 3.05) is 0 Å². The number of halogens is 12. The lowest BCUT2D eigenvalue weighted by Crippen LogP contribution is -2.11. The molecule has 354 valence electrons. The van der Waals surface area contributed by atoms with Gasteiger partial charge in [-0.25, -0.2) is 0 Å². The van der Waals surface area contributed by atoms with Gasteiger partial charge in [-0.1, -0.05) is 48.5 Å².